The van der Waals surface area contributed by atoms with Crippen LogP contribution in [0.3, 0.4) is 0 Å². The van der Waals surface area contributed by atoms with Gasteiger partial charge in [0.2, 0.25) is 17.8 Å². The van der Waals surface area contributed by atoms with Crippen molar-refractivity contribution in [1.82, 2.24) is 9.97 Å². The molecule has 2 aliphatic rings. The van der Waals surface area contributed by atoms with E-state index in [4.69, 9.17) is 10.5 Å². The SMILES string of the molecule is CCOc1ccc(NC(=O)C2CC(=O)Nc3nc(N4CCCCC4)nc(N)c32)cc1. The fourth-order valence-corrected chi connectivity index (χ4v) is 3.87. The average Bonchev–Trinajstić information content (AvgIpc) is 2.75. The Balaban J connectivity index is 1.57. The molecule has 9 nitrogen and oxygen atoms in total. The molecule has 0 radical (unpaired) electrons. The van der Waals surface area contributed by atoms with Gasteiger partial charge in [0.15, 0.2) is 0 Å². The molecule has 0 spiro atoms. The number of hydrogen-bond donors (Lipinski definition) is 3. The molecule has 9 heteroatoms. The molecule has 30 heavy (non-hydrogen) atoms. The van der Waals surface area contributed by atoms with Crippen molar-refractivity contribution < 1.29 is 14.3 Å². The van der Waals surface area contributed by atoms with Crippen molar-refractivity contribution >= 4 is 35.1 Å². The van der Waals surface area contributed by atoms with Crippen molar-refractivity contribution in [1.29, 1.82) is 0 Å². The van der Waals surface area contributed by atoms with Crippen LogP contribution in [0.15, 0.2) is 24.3 Å². The number of carbonyl (C=O) groups is 2. The minimum atomic E-state index is -0.754. The molecule has 1 saturated heterocycles. The van der Waals surface area contributed by atoms with Crippen molar-refractivity contribution in [3.05, 3.63) is 29.8 Å². The summed E-state index contributed by atoms with van der Waals surface area (Å²) in [6, 6.07) is 7.07. The highest BCUT2D eigenvalue weighted by atomic mass is 16.5. The Morgan fingerprint density at radius 2 is 1.97 bits per heavy atom. The number of piperidine rings is 1. The van der Waals surface area contributed by atoms with Crippen LogP contribution in [-0.2, 0) is 9.59 Å². The van der Waals surface area contributed by atoms with E-state index < -0.39 is 5.92 Å². The predicted octanol–water partition coefficient (Wildman–Crippen LogP) is 2.51. The molecule has 1 aromatic carbocycles. The van der Waals surface area contributed by atoms with Crippen LogP contribution in [0.1, 0.15) is 44.1 Å². The first-order valence-corrected chi connectivity index (χ1v) is 10.3. The standard InChI is InChI=1S/C21H26N6O3/c1-2-30-14-8-6-13(7-9-14)23-20(29)15-12-16(28)24-19-17(15)18(22)25-21(26-19)27-10-4-3-5-11-27/h6-9,15H,2-5,10-12H2,1H3,(H,23,29)(H3,22,24,25,26,28). The molecule has 2 amide bonds. The summed E-state index contributed by atoms with van der Waals surface area (Å²) in [4.78, 5) is 36.3. The summed E-state index contributed by atoms with van der Waals surface area (Å²) in [5.74, 6) is 0.433. The van der Waals surface area contributed by atoms with Crippen molar-refractivity contribution in [2.75, 3.05) is 41.0 Å². The van der Waals surface area contributed by atoms with Crippen LogP contribution in [-0.4, -0.2) is 41.5 Å². The molecule has 158 valence electrons. The van der Waals surface area contributed by atoms with E-state index in [0.717, 1.165) is 31.7 Å². The van der Waals surface area contributed by atoms with Gasteiger partial charge in [0.1, 0.15) is 17.4 Å². The number of amides is 2. The minimum absolute atomic E-state index is 0.00746. The lowest BCUT2D eigenvalue weighted by molar-refractivity contribution is -0.123. The highest BCUT2D eigenvalue weighted by Gasteiger charge is 2.35. The van der Waals surface area contributed by atoms with Crippen LogP contribution in [0.5, 0.6) is 5.75 Å². The highest BCUT2D eigenvalue weighted by molar-refractivity contribution is 6.05. The van der Waals surface area contributed by atoms with Crippen LogP contribution in [0.2, 0.25) is 0 Å². The number of ether oxygens (including phenoxy) is 1. The topological polar surface area (TPSA) is 122 Å². The number of carbonyl (C=O) groups excluding carboxylic acids is 2. The summed E-state index contributed by atoms with van der Waals surface area (Å²) in [6.45, 7) is 4.18. The smallest absolute Gasteiger partial charge is 0.232 e. The number of rotatable bonds is 5. The molecule has 2 aliphatic heterocycles. The number of benzene rings is 1. The third-order valence-corrected chi connectivity index (χ3v) is 5.35. The third kappa shape index (κ3) is 4.14. The summed E-state index contributed by atoms with van der Waals surface area (Å²) in [5, 5.41) is 5.61. The van der Waals surface area contributed by atoms with E-state index in [9.17, 15) is 9.59 Å². The van der Waals surface area contributed by atoms with Gasteiger partial charge < -0.3 is 26.0 Å². The monoisotopic (exact) mass is 410 g/mol. The first kappa shape index (κ1) is 19.9. The second-order valence-electron chi connectivity index (χ2n) is 7.47. The van der Waals surface area contributed by atoms with E-state index in [2.05, 4.69) is 25.5 Å². The van der Waals surface area contributed by atoms with E-state index >= 15 is 0 Å². The van der Waals surface area contributed by atoms with Gasteiger partial charge in [-0.1, -0.05) is 0 Å². The number of anilines is 4. The average molecular weight is 410 g/mol. The molecular weight excluding hydrogens is 384 g/mol. The van der Waals surface area contributed by atoms with E-state index in [1.807, 2.05) is 6.92 Å². The molecular formula is C21H26N6O3. The van der Waals surface area contributed by atoms with E-state index in [-0.39, 0.29) is 24.1 Å². The number of fused-ring (bicyclic) bond motifs is 1. The molecule has 0 saturated carbocycles. The van der Waals surface area contributed by atoms with Crippen LogP contribution in [0.25, 0.3) is 0 Å². The van der Waals surface area contributed by atoms with Crippen molar-refractivity contribution in [3.63, 3.8) is 0 Å². The summed E-state index contributed by atoms with van der Waals surface area (Å²) < 4.78 is 5.42. The molecule has 0 bridgehead atoms. The number of nitrogens with two attached hydrogens (primary N) is 1. The lowest BCUT2D eigenvalue weighted by Crippen LogP contribution is -2.35. The number of aromatic nitrogens is 2. The Kier molecular flexibility index (Phi) is 5.69. The van der Waals surface area contributed by atoms with Crippen LogP contribution >= 0.6 is 0 Å². The Labute approximate surface area is 175 Å². The zero-order valence-corrected chi connectivity index (χ0v) is 17.0. The van der Waals surface area contributed by atoms with Crippen molar-refractivity contribution in [2.24, 2.45) is 0 Å². The second-order valence-corrected chi connectivity index (χ2v) is 7.47. The lowest BCUT2D eigenvalue weighted by Gasteiger charge is -2.30. The summed E-state index contributed by atoms with van der Waals surface area (Å²) >= 11 is 0. The van der Waals surface area contributed by atoms with Gasteiger partial charge in [0.05, 0.1) is 18.1 Å². The largest absolute Gasteiger partial charge is 0.494 e. The molecule has 1 unspecified atom stereocenters. The van der Waals surface area contributed by atoms with Gasteiger partial charge in [-0.25, -0.2) is 0 Å². The maximum Gasteiger partial charge on any atom is 0.232 e. The first-order valence-electron chi connectivity index (χ1n) is 10.3. The maximum atomic E-state index is 13.0. The molecule has 4 N–H and O–H groups in total. The number of nitrogen functional groups attached to an aromatic ring is 1. The molecule has 3 heterocycles. The van der Waals surface area contributed by atoms with Gasteiger partial charge in [-0.3, -0.25) is 9.59 Å². The maximum absolute atomic E-state index is 13.0. The van der Waals surface area contributed by atoms with Gasteiger partial charge >= 0.3 is 0 Å². The van der Waals surface area contributed by atoms with E-state index in [0.29, 0.717) is 29.6 Å². The lowest BCUT2D eigenvalue weighted by atomic mass is 9.92. The molecule has 2 aromatic rings. The van der Waals surface area contributed by atoms with Gasteiger partial charge in [0, 0.05) is 25.2 Å². The zero-order chi connectivity index (χ0) is 21.1. The minimum Gasteiger partial charge on any atom is -0.494 e. The molecule has 1 atom stereocenters. The molecule has 0 aliphatic carbocycles. The summed E-state index contributed by atoms with van der Waals surface area (Å²) in [6.07, 6.45) is 3.31. The Bertz CT molecular complexity index is 941. The summed E-state index contributed by atoms with van der Waals surface area (Å²) in [5.41, 5.74) is 7.33. The Morgan fingerprint density at radius 1 is 1.23 bits per heavy atom. The van der Waals surface area contributed by atoms with Crippen molar-refractivity contribution in [3.8, 4) is 5.75 Å². The first-order chi connectivity index (χ1) is 14.5. The van der Waals surface area contributed by atoms with Crippen molar-refractivity contribution in [2.45, 2.75) is 38.5 Å². The number of hydrogen-bond acceptors (Lipinski definition) is 7. The van der Waals surface area contributed by atoms with Crippen LogP contribution in [0, 0.1) is 0 Å². The quantitative estimate of drug-likeness (QED) is 0.692. The molecule has 4 rings (SSSR count). The molecule has 1 fully saturated rings. The predicted molar refractivity (Wildman–Crippen MR) is 115 cm³/mol. The van der Waals surface area contributed by atoms with Gasteiger partial charge in [0.25, 0.3) is 0 Å². The Hall–Kier alpha value is -3.36. The fraction of sp³-hybridized carbons (Fsp3) is 0.429. The van der Waals surface area contributed by atoms with Gasteiger partial charge in [-0.15, -0.1) is 0 Å². The van der Waals surface area contributed by atoms with E-state index in [1.54, 1.807) is 24.3 Å². The van der Waals surface area contributed by atoms with E-state index in [1.165, 1.54) is 6.42 Å². The zero-order valence-electron chi connectivity index (χ0n) is 17.0. The molecule has 1 aromatic heterocycles. The third-order valence-electron chi connectivity index (χ3n) is 5.35. The number of nitrogens with zero attached hydrogens (tertiary/aromatic N) is 3. The fourth-order valence-electron chi connectivity index (χ4n) is 3.87. The Morgan fingerprint density at radius 3 is 2.67 bits per heavy atom. The van der Waals surface area contributed by atoms with Gasteiger partial charge in [-0.2, -0.15) is 9.97 Å². The van der Waals surface area contributed by atoms with Gasteiger partial charge in [-0.05, 0) is 50.5 Å². The van der Waals surface area contributed by atoms with Crippen LogP contribution < -0.4 is 26.0 Å². The van der Waals surface area contributed by atoms with Crippen LogP contribution in [0.4, 0.5) is 23.3 Å². The highest BCUT2D eigenvalue weighted by Crippen LogP contribution is 2.37. The normalized spacial score (nSPS) is 18.4. The number of nitrogens with one attached hydrogen (secondary N) is 2. The summed E-state index contributed by atoms with van der Waals surface area (Å²) in [7, 11) is 0. The second kappa shape index (κ2) is 8.56.